The molecule has 0 bridgehead atoms. The molecule has 4 nitrogen and oxygen atoms in total. The molecule has 5 heteroatoms. The summed E-state index contributed by atoms with van der Waals surface area (Å²) in [6.45, 7) is 2.41. The molecule has 6 rings (SSSR count). The van der Waals surface area contributed by atoms with E-state index in [0.29, 0.717) is 28.5 Å². The lowest BCUT2D eigenvalue weighted by Gasteiger charge is -2.20. The van der Waals surface area contributed by atoms with E-state index in [1.54, 1.807) is 24.4 Å². The first-order chi connectivity index (χ1) is 16.1. The molecule has 1 aliphatic rings. The summed E-state index contributed by atoms with van der Waals surface area (Å²) in [6.07, 6.45) is 1.79. The standard InChI is InChI=1S/C28H18ClNO3/c1-16-7-9-24-21(11-16)25(28(33-24)27(31)17-5-3-2-4-6-17)18-12-19-15-32-23-10-8-20(29)13-22(23)26(19)30-14-18/h2-14H,15H2,1H3. The van der Waals surface area contributed by atoms with Gasteiger partial charge in [-0.05, 0) is 43.3 Å². The lowest BCUT2D eigenvalue weighted by molar-refractivity contribution is 0.101. The normalized spacial score (nSPS) is 12.2. The maximum absolute atomic E-state index is 13.4. The Hall–Kier alpha value is -3.89. The van der Waals surface area contributed by atoms with E-state index in [1.165, 1.54) is 0 Å². The number of furan rings is 1. The van der Waals surface area contributed by atoms with Gasteiger partial charge in [0.2, 0.25) is 5.78 Å². The molecule has 0 spiro atoms. The maximum atomic E-state index is 13.4. The molecular weight excluding hydrogens is 434 g/mol. The third-order valence-corrected chi connectivity index (χ3v) is 6.16. The second kappa shape index (κ2) is 7.61. The maximum Gasteiger partial charge on any atom is 0.228 e. The van der Waals surface area contributed by atoms with Crippen molar-refractivity contribution in [2.24, 2.45) is 0 Å². The number of ether oxygens (including phenoxy) is 1. The van der Waals surface area contributed by atoms with E-state index in [0.717, 1.165) is 44.6 Å². The first kappa shape index (κ1) is 19.8. The van der Waals surface area contributed by atoms with Gasteiger partial charge in [-0.15, -0.1) is 0 Å². The van der Waals surface area contributed by atoms with Crippen LogP contribution in [0.5, 0.6) is 5.75 Å². The van der Waals surface area contributed by atoms with Crippen molar-refractivity contribution in [2.45, 2.75) is 13.5 Å². The molecule has 0 amide bonds. The van der Waals surface area contributed by atoms with Crippen molar-refractivity contribution in [1.82, 2.24) is 4.98 Å². The number of aromatic nitrogens is 1. The smallest absolute Gasteiger partial charge is 0.228 e. The van der Waals surface area contributed by atoms with Gasteiger partial charge in [0.1, 0.15) is 17.9 Å². The van der Waals surface area contributed by atoms with Gasteiger partial charge in [-0.1, -0.05) is 53.6 Å². The van der Waals surface area contributed by atoms with E-state index in [1.807, 2.05) is 61.5 Å². The van der Waals surface area contributed by atoms with Crippen molar-refractivity contribution in [2.75, 3.05) is 0 Å². The summed E-state index contributed by atoms with van der Waals surface area (Å²) >= 11 is 6.22. The Labute approximate surface area is 195 Å². The van der Waals surface area contributed by atoms with Crippen LogP contribution in [-0.4, -0.2) is 10.8 Å². The van der Waals surface area contributed by atoms with Crippen LogP contribution < -0.4 is 4.74 Å². The van der Waals surface area contributed by atoms with Gasteiger partial charge in [0.05, 0.1) is 5.69 Å². The van der Waals surface area contributed by atoms with Crippen molar-refractivity contribution >= 4 is 28.4 Å². The Kier molecular flexibility index (Phi) is 4.56. The Morgan fingerprint density at radius 1 is 1.00 bits per heavy atom. The van der Waals surface area contributed by atoms with Crippen LogP contribution in [0, 0.1) is 6.92 Å². The van der Waals surface area contributed by atoms with Crippen molar-refractivity contribution in [1.29, 1.82) is 0 Å². The summed E-state index contributed by atoms with van der Waals surface area (Å²) in [5, 5.41) is 1.51. The van der Waals surface area contributed by atoms with Crippen LogP contribution in [0.2, 0.25) is 5.02 Å². The molecule has 5 aromatic rings. The zero-order valence-electron chi connectivity index (χ0n) is 17.8. The van der Waals surface area contributed by atoms with E-state index in [2.05, 4.69) is 0 Å². The van der Waals surface area contributed by atoms with Crippen LogP contribution >= 0.6 is 11.6 Å². The summed E-state index contributed by atoms with van der Waals surface area (Å²) in [5.41, 5.74) is 6.52. The van der Waals surface area contributed by atoms with Crippen molar-refractivity contribution in [3.8, 4) is 28.1 Å². The molecule has 0 radical (unpaired) electrons. The van der Waals surface area contributed by atoms with Crippen LogP contribution in [-0.2, 0) is 6.61 Å². The number of hydrogen-bond acceptors (Lipinski definition) is 4. The third kappa shape index (κ3) is 3.31. The third-order valence-electron chi connectivity index (χ3n) is 5.92. The summed E-state index contributed by atoms with van der Waals surface area (Å²) < 4.78 is 12.1. The zero-order valence-corrected chi connectivity index (χ0v) is 18.5. The molecule has 0 atom stereocenters. The largest absolute Gasteiger partial charge is 0.488 e. The second-order valence-electron chi connectivity index (χ2n) is 8.16. The van der Waals surface area contributed by atoms with Crippen LogP contribution in [0.3, 0.4) is 0 Å². The molecule has 3 heterocycles. The molecule has 0 fully saturated rings. The zero-order chi connectivity index (χ0) is 22.5. The number of carbonyl (C=O) groups excluding carboxylic acids is 1. The van der Waals surface area contributed by atoms with Crippen LogP contribution in [0.15, 0.2) is 83.4 Å². The van der Waals surface area contributed by atoms with Crippen LogP contribution in [0.4, 0.5) is 0 Å². The Morgan fingerprint density at radius 2 is 1.85 bits per heavy atom. The predicted octanol–water partition coefficient (Wildman–Crippen LogP) is 7.25. The fourth-order valence-corrected chi connectivity index (χ4v) is 4.52. The SMILES string of the molecule is Cc1ccc2oc(C(=O)c3ccccc3)c(-c3cnc4c(c3)COc3ccc(Cl)cc3-4)c2c1. The minimum atomic E-state index is -0.162. The molecule has 0 unspecified atom stereocenters. The number of benzene rings is 3. The van der Waals surface area contributed by atoms with Gasteiger partial charge < -0.3 is 9.15 Å². The highest BCUT2D eigenvalue weighted by Crippen LogP contribution is 2.41. The predicted molar refractivity (Wildman–Crippen MR) is 129 cm³/mol. The van der Waals surface area contributed by atoms with Crippen LogP contribution in [0.25, 0.3) is 33.4 Å². The lowest BCUT2D eigenvalue weighted by atomic mass is 9.95. The van der Waals surface area contributed by atoms with E-state index >= 15 is 0 Å². The lowest BCUT2D eigenvalue weighted by Crippen LogP contribution is -2.08. The summed E-state index contributed by atoms with van der Waals surface area (Å²) in [6, 6.07) is 22.7. The Morgan fingerprint density at radius 3 is 2.70 bits per heavy atom. The van der Waals surface area contributed by atoms with Gasteiger partial charge in [0.15, 0.2) is 5.76 Å². The first-order valence-corrected chi connectivity index (χ1v) is 11.0. The number of hydrogen-bond donors (Lipinski definition) is 0. The number of ketones is 1. The van der Waals surface area contributed by atoms with Gasteiger partial charge in [-0.2, -0.15) is 0 Å². The van der Waals surface area contributed by atoms with Crippen molar-refractivity contribution in [3.63, 3.8) is 0 Å². The molecule has 2 aromatic heterocycles. The molecule has 1 aliphatic heterocycles. The summed E-state index contributed by atoms with van der Waals surface area (Å²) in [7, 11) is 0. The van der Waals surface area contributed by atoms with E-state index in [4.69, 9.17) is 25.7 Å². The topological polar surface area (TPSA) is 52.3 Å². The number of halogens is 1. The number of rotatable bonds is 3. The molecule has 3 aromatic carbocycles. The van der Waals surface area contributed by atoms with Gasteiger partial charge in [0, 0.05) is 44.4 Å². The van der Waals surface area contributed by atoms with Crippen molar-refractivity contribution < 1.29 is 13.9 Å². The number of fused-ring (bicyclic) bond motifs is 4. The molecule has 0 saturated carbocycles. The highest BCUT2D eigenvalue weighted by molar-refractivity contribution is 6.31. The number of nitrogens with zero attached hydrogens (tertiary/aromatic N) is 1. The molecular formula is C28H18ClNO3. The summed E-state index contributed by atoms with van der Waals surface area (Å²) in [4.78, 5) is 18.2. The number of carbonyl (C=O) groups is 1. The van der Waals surface area contributed by atoms with E-state index in [9.17, 15) is 4.79 Å². The van der Waals surface area contributed by atoms with Gasteiger partial charge in [0.25, 0.3) is 0 Å². The van der Waals surface area contributed by atoms with Crippen molar-refractivity contribution in [3.05, 3.63) is 106 Å². The number of pyridine rings is 1. The first-order valence-electron chi connectivity index (χ1n) is 10.6. The monoisotopic (exact) mass is 451 g/mol. The van der Waals surface area contributed by atoms with Gasteiger partial charge in [-0.25, -0.2) is 0 Å². The van der Waals surface area contributed by atoms with E-state index in [-0.39, 0.29) is 5.78 Å². The van der Waals surface area contributed by atoms with Crippen LogP contribution in [0.1, 0.15) is 27.2 Å². The molecule has 160 valence electrons. The molecule has 0 N–H and O–H groups in total. The minimum Gasteiger partial charge on any atom is -0.488 e. The Balaban J connectivity index is 1.56. The minimum absolute atomic E-state index is 0.162. The van der Waals surface area contributed by atoms with E-state index < -0.39 is 0 Å². The summed E-state index contributed by atoms with van der Waals surface area (Å²) in [5.74, 6) is 0.908. The molecule has 0 saturated heterocycles. The average Bonchev–Trinajstić information content (AvgIpc) is 3.22. The number of aryl methyl sites for hydroxylation is 1. The fourth-order valence-electron chi connectivity index (χ4n) is 4.35. The average molecular weight is 452 g/mol. The molecule has 33 heavy (non-hydrogen) atoms. The molecule has 0 aliphatic carbocycles. The van der Waals surface area contributed by atoms with Gasteiger partial charge >= 0.3 is 0 Å². The highest BCUT2D eigenvalue weighted by Gasteiger charge is 2.26. The fraction of sp³-hybridized carbons (Fsp3) is 0.0714. The quantitative estimate of drug-likeness (QED) is 0.271. The second-order valence-corrected chi connectivity index (χ2v) is 8.60. The van der Waals surface area contributed by atoms with Gasteiger partial charge in [-0.3, -0.25) is 9.78 Å². The Bertz CT molecular complexity index is 1550. The highest BCUT2D eigenvalue weighted by atomic mass is 35.5.